The molecule has 0 saturated carbocycles. The van der Waals surface area contributed by atoms with Gasteiger partial charge in [0.15, 0.2) is 0 Å². The normalized spacial score (nSPS) is 19.8. The number of carbonyl (C=O) groups is 2. The molecule has 1 N–H and O–H groups in total. The molecule has 1 unspecified atom stereocenters. The van der Waals surface area contributed by atoms with Crippen LogP contribution in [0.25, 0.3) is 0 Å². The van der Waals surface area contributed by atoms with E-state index < -0.39 is 0 Å². The van der Waals surface area contributed by atoms with Crippen LogP contribution in [-0.2, 0) is 16.1 Å². The van der Waals surface area contributed by atoms with E-state index in [9.17, 15) is 9.59 Å². The molecule has 102 valence electrons. The Morgan fingerprint density at radius 2 is 2.11 bits per heavy atom. The van der Waals surface area contributed by atoms with Gasteiger partial charge in [-0.3, -0.25) is 9.59 Å². The molecule has 1 saturated heterocycles. The molecule has 1 aromatic rings. The van der Waals surface area contributed by atoms with E-state index in [1.807, 2.05) is 39.0 Å². The van der Waals surface area contributed by atoms with Crippen LogP contribution < -0.4 is 5.32 Å². The first-order valence-corrected chi connectivity index (χ1v) is 6.62. The van der Waals surface area contributed by atoms with Crippen LogP contribution in [0, 0.1) is 12.8 Å². The smallest absolute Gasteiger partial charge is 0.243 e. The van der Waals surface area contributed by atoms with Crippen molar-refractivity contribution >= 4 is 11.8 Å². The number of hydrogen-bond donors (Lipinski definition) is 1. The number of rotatable bonds is 3. The summed E-state index contributed by atoms with van der Waals surface area (Å²) in [6, 6.07) is 7.67. The summed E-state index contributed by atoms with van der Waals surface area (Å²) in [7, 11) is 0. The lowest BCUT2D eigenvalue weighted by Crippen LogP contribution is -2.59. The highest BCUT2D eigenvalue weighted by Gasteiger charge is 2.36. The first kappa shape index (κ1) is 13.6. The monoisotopic (exact) mass is 260 g/mol. The van der Waals surface area contributed by atoms with Gasteiger partial charge >= 0.3 is 0 Å². The molecule has 1 aliphatic rings. The van der Waals surface area contributed by atoms with Crippen LogP contribution in [-0.4, -0.2) is 29.3 Å². The van der Waals surface area contributed by atoms with Crippen molar-refractivity contribution in [3.8, 4) is 0 Å². The average Bonchev–Trinajstić information content (AvgIpc) is 2.33. The van der Waals surface area contributed by atoms with Crippen LogP contribution in [0.1, 0.15) is 25.0 Å². The Hall–Kier alpha value is -1.84. The fourth-order valence-electron chi connectivity index (χ4n) is 2.52. The summed E-state index contributed by atoms with van der Waals surface area (Å²) < 4.78 is 0. The third kappa shape index (κ3) is 2.95. The van der Waals surface area contributed by atoms with Crippen molar-refractivity contribution in [2.24, 2.45) is 5.92 Å². The summed E-state index contributed by atoms with van der Waals surface area (Å²) in [6.45, 7) is 6.55. The average molecular weight is 260 g/mol. The van der Waals surface area contributed by atoms with Gasteiger partial charge in [0.1, 0.15) is 6.04 Å². The maximum absolute atomic E-state index is 12.1. The quantitative estimate of drug-likeness (QED) is 0.895. The van der Waals surface area contributed by atoms with E-state index in [0.717, 1.165) is 11.1 Å². The lowest BCUT2D eigenvalue weighted by molar-refractivity contribution is -0.148. The zero-order chi connectivity index (χ0) is 14.0. The van der Waals surface area contributed by atoms with Crippen molar-refractivity contribution in [1.29, 1.82) is 0 Å². The summed E-state index contributed by atoms with van der Waals surface area (Å²) in [6.07, 6.45) is 0. The van der Waals surface area contributed by atoms with Gasteiger partial charge in [0.05, 0.1) is 6.54 Å². The summed E-state index contributed by atoms with van der Waals surface area (Å²) in [5.41, 5.74) is 2.22. The molecule has 0 bridgehead atoms. The van der Waals surface area contributed by atoms with Crippen LogP contribution in [0.4, 0.5) is 0 Å². The first-order chi connectivity index (χ1) is 8.99. The van der Waals surface area contributed by atoms with E-state index in [0.29, 0.717) is 6.54 Å². The highest BCUT2D eigenvalue weighted by Crippen LogP contribution is 2.18. The molecule has 1 fully saturated rings. The maximum Gasteiger partial charge on any atom is 0.243 e. The van der Waals surface area contributed by atoms with Crippen LogP contribution in [0.15, 0.2) is 24.3 Å². The SMILES string of the molecule is Cc1cccc(CN2C(=O)CNC(=O)C2C(C)C)c1. The lowest BCUT2D eigenvalue weighted by atomic mass is 9.98. The van der Waals surface area contributed by atoms with Crippen molar-refractivity contribution in [3.05, 3.63) is 35.4 Å². The molecule has 2 amide bonds. The van der Waals surface area contributed by atoms with E-state index in [2.05, 4.69) is 11.4 Å². The van der Waals surface area contributed by atoms with E-state index in [-0.39, 0.29) is 30.3 Å². The number of nitrogens with one attached hydrogen (secondary N) is 1. The maximum atomic E-state index is 12.1. The molecule has 1 heterocycles. The molecular weight excluding hydrogens is 240 g/mol. The van der Waals surface area contributed by atoms with Crippen molar-refractivity contribution in [3.63, 3.8) is 0 Å². The third-order valence-electron chi connectivity index (χ3n) is 3.41. The summed E-state index contributed by atoms with van der Waals surface area (Å²) in [5, 5.41) is 2.66. The van der Waals surface area contributed by atoms with E-state index >= 15 is 0 Å². The van der Waals surface area contributed by atoms with Gasteiger partial charge in [0.25, 0.3) is 0 Å². The van der Waals surface area contributed by atoms with E-state index in [1.54, 1.807) is 4.90 Å². The molecule has 0 aromatic heterocycles. The second-order valence-electron chi connectivity index (χ2n) is 5.42. The molecular formula is C15H20N2O2. The number of benzene rings is 1. The van der Waals surface area contributed by atoms with Gasteiger partial charge in [0.2, 0.25) is 11.8 Å². The minimum absolute atomic E-state index is 0.0141. The lowest BCUT2D eigenvalue weighted by Gasteiger charge is -2.37. The van der Waals surface area contributed by atoms with E-state index in [4.69, 9.17) is 0 Å². The number of amides is 2. The second-order valence-corrected chi connectivity index (χ2v) is 5.42. The number of piperazine rings is 1. The van der Waals surface area contributed by atoms with Gasteiger partial charge in [-0.15, -0.1) is 0 Å². The minimum Gasteiger partial charge on any atom is -0.345 e. The molecule has 4 nitrogen and oxygen atoms in total. The van der Waals surface area contributed by atoms with Gasteiger partial charge < -0.3 is 10.2 Å². The third-order valence-corrected chi connectivity index (χ3v) is 3.41. The standard InChI is InChI=1S/C15H20N2O2/c1-10(2)14-15(19)16-8-13(18)17(14)9-12-6-4-5-11(3)7-12/h4-7,10,14H,8-9H2,1-3H3,(H,16,19). The fraction of sp³-hybridized carbons (Fsp3) is 0.467. The zero-order valence-electron chi connectivity index (χ0n) is 11.6. The Morgan fingerprint density at radius 3 is 2.74 bits per heavy atom. The number of carbonyl (C=O) groups excluding carboxylic acids is 2. The van der Waals surface area contributed by atoms with Crippen LogP contribution in [0.5, 0.6) is 0 Å². The molecule has 19 heavy (non-hydrogen) atoms. The topological polar surface area (TPSA) is 49.4 Å². The Bertz CT molecular complexity index is 497. The molecule has 2 rings (SSSR count). The van der Waals surface area contributed by atoms with Crippen molar-refractivity contribution in [1.82, 2.24) is 10.2 Å². The summed E-state index contributed by atoms with van der Waals surface area (Å²) >= 11 is 0. The predicted molar refractivity (Wildman–Crippen MR) is 73.4 cm³/mol. The Morgan fingerprint density at radius 1 is 1.37 bits per heavy atom. The van der Waals surface area contributed by atoms with Gasteiger partial charge in [0, 0.05) is 6.54 Å². The molecule has 0 radical (unpaired) electrons. The van der Waals surface area contributed by atoms with Crippen LogP contribution >= 0.6 is 0 Å². The largest absolute Gasteiger partial charge is 0.345 e. The zero-order valence-corrected chi connectivity index (χ0v) is 11.6. The number of hydrogen-bond acceptors (Lipinski definition) is 2. The van der Waals surface area contributed by atoms with Crippen molar-refractivity contribution in [2.45, 2.75) is 33.4 Å². The van der Waals surface area contributed by atoms with Gasteiger partial charge in [-0.05, 0) is 18.4 Å². The molecule has 1 aromatic carbocycles. The minimum atomic E-state index is -0.373. The highest BCUT2D eigenvalue weighted by molar-refractivity contribution is 5.94. The van der Waals surface area contributed by atoms with Crippen molar-refractivity contribution in [2.75, 3.05) is 6.54 Å². The molecule has 1 atom stereocenters. The first-order valence-electron chi connectivity index (χ1n) is 6.62. The summed E-state index contributed by atoms with van der Waals surface area (Å²) in [5.74, 6) is 0.0381. The van der Waals surface area contributed by atoms with E-state index in [1.165, 1.54) is 0 Å². The molecule has 4 heteroatoms. The Kier molecular flexibility index (Phi) is 3.88. The Balaban J connectivity index is 2.23. The number of nitrogens with zero attached hydrogens (tertiary/aromatic N) is 1. The second kappa shape index (κ2) is 5.43. The van der Waals surface area contributed by atoms with Crippen LogP contribution in [0.3, 0.4) is 0 Å². The number of aryl methyl sites for hydroxylation is 1. The predicted octanol–water partition coefficient (Wildman–Crippen LogP) is 1.48. The molecule has 0 spiro atoms. The highest BCUT2D eigenvalue weighted by atomic mass is 16.2. The summed E-state index contributed by atoms with van der Waals surface area (Å²) in [4.78, 5) is 25.7. The van der Waals surface area contributed by atoms with Gasteiger partial charge in [-0.25, -0.2) is 0 Å². The van der Waals surface area contributed by atoms with Crippen LogP contribution in [0.2, 0.25) is 0 Å². The van der Waals surface area contributed by atoms with Gasteiger partial charge in [-0.1, -0.05) is 43.7 Å². The van der Waals surface area contributed by atoms with Crippen molar-refractivity contribution < 1.29 is 9.59 Å². The fourth-order valence-corrected chi connectivity index (χ4v) is 2.52. The molecule has 0 aliphatic carbocycles. The molecule has 1 aliphatic heterocycles. The Labute approximate surface area is 113 Å². The van der Waals surface area contributed by atoms with Gasteiger partial charge in [-0.2, -0.15) is 0 Å².